The number of hydrogen-bond acceptors (Lipinski definition) is 4. The van der Waals surface area contributed by atoms with E-state index in [2.05, 4.69) is 26.2 Å². The fourth-order valence-corrected chi connectivity index (χ4v) is 2.99. The molecule has 2 rings (SSSR count). The van der Waals surface area contributed by atoms with Gasteiger partial charge in [-0.15, -0.1) is 11.3 Å². The van der Waals surface area contributed by atoms with Crippen molar-refractivity contribution in [1.29, 1.82) is 0 Å². The smallest absolute Gasteiger partial charge is 0.254 e. The highest BCUT2D eigenvalue weighted by molar-refractivity contribution is 9.10. The van der Waals surface area contributed by atoms with Crippen molar-refractivity contribution in [3.05, 3.63) is 45.4 Å². The molecule has 122 valence electrons. The number of hydrogen-bond donors (Lipinski definition) is 1. The summed E-state index contributed by atoms with van der Waals surface area (Å²) in [6.07, 6.45) is 2.49. The predicted octanol–water partition coefficient (Wildman–Crippen LogP) is 3.70. The molecule has 0 atom stereocenters. The highest BCUT2D eigenvalue weighted by Gasteiger charge is 2.18. The minimum atomic E-state index is -0.238. The number of benzene rings is 1. The van der Waals surface area contributed by atoms with Crippen LogP contribution in [0.15, 0.2) is 34.9 Å². The Morgan fingerprint density at radius 1 is 1.30 bits per heavy atom. The molecule has 2 aromatic rings. The second kappa shape index (κ2) is 8.21. The summed E-state index contributed by atoms with van der Waals surface area (Å²) < 4.78 is 0.910. The first-order valence-corrected chi connectivity index (χ1v) is 8.87. The number of anilines is 1. The molecule has 0 aliphatic carbocycles. The third kappa shape index (κ3) is 5.14. The van der Waals surface area contributed by atoms with E-state index in [0.717, 1.165) is 15.8 Å². The van der Waals surface area contributed by atoms with Crippen LogP contribution in [0.3, 0.4) is 0 Å². The highest BCUT2D eigenvalue weighted by atomic mass is 79.9. The molecule has 0 aliphatic rings. The van der Waals surface area contributed by atoms with Gasteiger partial charge in [0.2, 0.25) is 5.91 Å². The molecule has 0 saturated heterocycles. The first kappa shape index (κ1) is 17.6. The molecule has 0 unspecified atom stereocenters. The fraction of sp³-hybridized carbons (Fsp3) is 0.312. The molecule has 1 heterocycles. The Hall–Kier alpha value is -1.73. The van der Waals surface area contributed by atoms with Crippen molar-refractivity contribution in [2.75, 3.05) is 18.4 Å². The summed E-state index contributed by atoms with van der Waals surface area (Å²) in [7, 11) is 0. The van der Waals surface area contributed by atoms with Crippen LogP contribution in [-0.4, -0.2) is 34.8 Å². The minimum absolute atomic E-state index is 0.0152. The van der Waals surface area contributed by atoms with E-state index >= 15 is 0 Å². The van der Waals surface area contributed by atoms with Crippen LogP contribution in [0.2, 0.25) is 0 Å². The first-order valence-electron chi connectivity index (χ1n) is 7.26. The van der Waals surface area contributed by atoms with Crippen molar-refractivity contribution in [2.24, 2.45) is 0 Å². The van der Waals surface area contributed by atoms with Crippen LogP contribution in [0.25, 0.3) is 0 Å². The maximum Gasteiger partial charge on any atom is 0.254 e. The lowest BCUT2D eigenvalue weighted by Gasteiger charge is -2.21. The van der Waals surface area contributed by atoms with Crippen molar-refractivity contribution >= 4 is 44.2 Å². The van der Waals surface area contributed by atoms with Gasteiger partial charge < -0.3 is 10.2 Å². The van der Waals surface area contributed by atoms with Crippen molar-refractivity contribution in [2.45, 2.75) is 20.3 Å². The second-order valence-corrected chi connectivity index (χ2v) is 7.21. The standard InChI is InChI=1S/C16H18BrN3O2S/c1-3-8-20(15(22)12-4-6-13(17)7-5-12)10-14(21)19-16-18-9-11(2)23-16/h4-7,9H,3,8,10H2,1-2H3,(H,18,19,21). The van der Waals surface area contributed by atoms with Crippen molar-refractivity contribution in [3.63, 3.8) is 0 Å². The first-order chi connectivity index (χ1) is 11.0. The molecule has 0 fully saturated rings. The van der Waals surface area contributed by atoms with Crippen LogP contribution < -0.4 is 5.32 Å². The Labute approximate surface area is 147 Å². The van der Waals surface area contributed by atoms with Crippen molar-refractivity contribution in [3.8, 4) is 0 Å². The van der Waals surface area contributed by atoms with E-state index in [-0.39, 0.29) is 18.4 Å². The van der Waals surface area contributed by atoms with Gasteiger partial charge in [0.25, 0.3) is 5.91 Å². The molecule has 0 bridgehead atoms. The van der Waals surface area contributed by atoms with Gasteiger partial charge in [0.15, 0.2) is 5.13 Å². The minimum Gasteiger partial charge on any atom is -0.329 e. The monoisotopic (exact) mass is 395 g/mol. The van der Waals surface area contributed by atoms with Gasteiger partial charge in [-0.05, 0) is 37.6 Å². The summed E-state index contributed by atoms with van der Waals surface area (Å²) in [5.74, 6) is -0.386. The second-order valence-electron chi connectivity index (χ2n) is 5.06. The molecular formula is C16H18BrN3O2S. The zero-order chi connectivity index (χ0) is 16.8. The van der Waals surface area contributed by atoms with Crippen LogP contribution in [0.5, 0.6) is 0 Å². The number of aromatic nitrogens is 1. The fourth-order valence-electron chi connectivity index (χ4n) is 2.04. The van der Waals surface area contributed by atoms with E-state index < -0.39 is 0 Å². The van der Waals surface area contributed by atoms with E-state index in [1.807, 2.05) is 26.0 Å². The predicted molar refractivity (Wildman–Crippen MR) is 95.8 cm³/mol. The van der Waals surface area contributed by atoms with Crippen LogP contribution in [-0.2, 0) is 4.79 Å². The van der Waals surface area contributed by atoms with Crippen LogP contribution in [0, 0.1) is 6.92 Å². The number of halogens is 1. The largest absolute Gasteiger partial charge is 0.329 e. The van der Waals surface area contributed by atoms with Gasteiger partial charge in [0, 0.05) is 27.7 Å². The molecule has 2 amide bonds. The molecule has 0 spiro atoms. The Bertz CT molecular complexity index is 685. The van der Waals surface area contributed by atoms with Gasteiger partial charge in [-0.1, -0.05) is 22.9 Å². The molecule has 5 nitrogen and oxygen atoms in total. The zero-order valence-corrected chi connectivity index (χ0v) is 15.4. The van der Waals surface area contributed by atoms with Gasteiger partial charge >= 0.3 is 0 Å². The molecule has 1 aromatic heterocycles. The molecule has 0 radical (unpaired) electrons. The summed E-state index contributed by atoms with van der Waals surface area (Å²) >= 11 is 4.76. The number of carbonyl (C=O) groups is 2. The molecular weight excluding hydrogens is 378 g/mol. The van der Waals surface area contributed by atoms with Gasteiger partial charge in [-0.25, -0.2) is 4.98 Å². The maximum atomic E-state index is 12.6. The third-order valence-electron chi connectivity index (χ3n) is 3.07. The molecule has 0 saturated carbocycles. The quantitative estimate of drug-likeness (QED) is 0.810. The van der Waals surface area contributed by atoms with Gasteiger partial charge in [0.05, 0.1) is 0 Å². The van der Waals surface area contributed by atoms with Crippen LogP contribution >= 0.6 is 27.3 Å². The number of rotatable bonds is 6. The molecule has 0 aliphatic heterocycles. The maximum absolute atomic E-state index is 12.6. The number of aryl methyl sites for hydroxylation is 1. The summed E-state index contributed by atoms with van der Waals surface area (Å²) in [6.45, 7) is 4.44. The molecule has 7 heteroatoms. The highest BCUT2D eigenvalue weighted by Crippen LogP contribution is 2.17. The number of carbonyl (C=O) groups excluding carboxylic acids is 2. The average Bonchev–Trinajstić information content (AvgIpc) is 2.92. The number of nitrogens with zero attached hydrogens (tertiary/aromatic N) is 2. The summed E-state index contributed by atoms with van der Waals surface area (Å²) in [5, 5.41) is 3.29. The summed E-state index contributed by atoms with van der Waals surface area (Å²) in [6, 6.07) is 7.12. The number of nitrogens with one attached hydrogen (secondary N) is 1. The van der Waals surface area contributed by atoms with Crippen LogP contribution in [0.4, 0.5) is 5.13 Å². The van der Waals surface area contributed by atoms with Gasteiger partial charge in [-0.2, -0.15) is 0 Å². The average molecular weight is 396 g/mol. The van der Waals surface area contributed by atoms with E-state index in [9.17, 15) is 9.59 Å². The van der Waals surface area contributed by atoms with E-state index in [1.54, 1.807) is 23.2 Å². The van der Waals surface area contributed by atoms with E-state index in [4.69, 9.17) is 0 Å². The normalized spacial score (nSPS) is 10.4. The molecule has 1 aromatic carbocycles. The molecule has 23 heavy (non-hydrogen) atoms. The van der Waals surface area contributed by atoms with Crippen molar-refractivity contribution < 1.29 is 9.59 Å². The Balaban J connectivity index is 2.03. The van der Waals surface area contributed by atoms with Crippen LogP contribution in [0.1, 0.15) is 28.6 Å². The van der Waals surface area contributed by atoms with Gasteiger partial charge in [0.1, 0.15) is 6.54 Å². The third-order valence-corrected chi connectivity index (χ3v) is 4.43. The summed E-state index contributed by atoms with van der Waals surface area (Å²) in [5.41, 5.74) is 0.569. The van der Waals surface area contributed by atoms with E-state index in [0.29, 0.717) is 17.2 Å². The zero-order valence-electron chi connectivity index (χ0n) is 13.0. The Kier molecular flexibility index (Phi) is 6.29. The Morgan fingerprint density at radius 3 is 2.57 bits per heavy atom. The lowest BCUT2D eigenvalue weighted by molar-refractivity contribution is -0.116. The lowest BCUT2D eigenvalue weighted by Crippen LogP contribution is -2.38. The SMILES string of the molecule is CCCN(CC(=O)Nc1ncc(C)s1)C(=O)c1ccc(Br)cc1. The van der Waals surface area contributed by atoms with Crippen molar-refractivity contribution in [1.82, 2.24) is 9.88 Å². The summed E-state index contributed by atoms with van der Waals surface area (Å²) in [4.78, 5) is 31.4. The molecule has 1 N–H and O–H groups in total. The van der Waals surface area contributed by atoms with Gasteiger partial charge in [-0.3, -0.25) is 9.59 Å². The topological polar surface area (TPSA) is 62.3 Å². The number of thiazole rings is 1. The number of amides is 2. The van der Waals surface area contributed by atoms with E-state index in [1.165, 1.54) is 11.3 Å². The Morgan fingerprint density at radius 2 is 2.00 bits per heavy atom. The lowest BCUT2D eigenvalue weighted by atomic mass is 10.2.